The predicted octanol–water partition coefficient (Wildman–Crippen LogP) is 3.56. The lowest BCUT2D eigenvalue weighted by Gasteiger charge is -2.25. The highest BCUT2D eigenvalue weighted by atomic mass is 16.5. The van der Waals surface area contributed by atoms with Crippen molar-refractivity contribution in [2.24, 2.45) is 11.8 Å². The summed E-state index contributed by atoms with van der Waals surface area (Å²) in [6.07, 6.45) is 6.05. The summed E-state index contributed by atoms with van der Waals surface area (Å²) in [6, 6.07) is 6.50. The molecule has 2 atom stereocenters. The first-order chi connectivity index (χ1) is 9.22. The molecule has 1 aromatic rings. The molecule has 2 nitrogen and oxygen atoms in total. The minimum Gasteiger partial charge on any atom is -0.493 e. The summed E-state index contributed by atoms with van der Waals surface area (Å²) in [5.41, 5.74) is 2.69. The molecular weight excluding hydrogens is 236 g/mol. The standard InChI is InChI=1S/C17H22O2/c1-12-2-6-16(18)14(10-12)5-3-13-4-7-17-15(11-13)8-9-19-17/h4,7,11-12,14H,2-3,5-6,8-10H2,1H3. The van der Waals surface area contributed by atoms with Gasteiger partial charge >= 0.3 is 0 Å². The highest BCUT2D eigenvalue weighted by Gasteiger charge is 2.26. The number of Topliss-reactive ketones (excluding diaryl/α,β-unsaturated/α-hetero) is 1. The van der Waals surface area contributed by atoms with Crippen molar-refractivity contribution in [3.05, 3.63) is 29.3 Å². The number of aryl methyl sites for hydroxylation is 1. The fourth-order valence-electron chi connectivity index (χ4n) is 3.34. The molecule has 0 bridgehead atoms. The minimum atomic E-state index is 0.299. The molecular formula is C17H22O2. The highest BCUT2D eigenvalue weighted by Crippen LogP contribution is 2.30. The Hall–Kier alpha value is -1.31. The third kappa shape index (κ3) is 2.83. The van der Waals surface area contributed by atoms with E-state index in [9.17, 15) is 4.79 Å². The summed E-state index contributed by atoms with van der Waals surface area (Å²) in [5.74, 6) is 2.55. The molecule has 0 spiro atoms. The number of hydrogen-bond acceptors (Lipinski definition) is 2. The molecule has 1 heterocycles. The molecule has 0 saturated heterocycles. The Balaban J connectivity index is 1.61. The van der Waals surface area contributed by atoms with Crippen molar-refractivity contribution >= 4 is 5.78 Å². The average molecular weight is 258 g/mol. The van der Waals surface area contributed by atoms with Crippen LogP contribution >= 0.6 is 0 Å². The van der Waals surface area contributed by atoms with Gasteiger partial charge in [0, 0.05) is 18.8 Å². The van der Waals surface area contributed by atoms with Gasteiger partial charge in [-0.2, -0.15) is 0 Å². The number of ketones is 1. The number of benzene rings is 1. The Morgan fingerprint density at radius 3 is 3.11 bits per heavy atom. The summed E-state index contributed by atoms with van der Waals surface area (Å²) < 4.78 is 5.52. The minimum absolute atomic E-state index is 0.299. The number of carbonyl (C=O) groups is 1. The third-order valence-electron chi connectivity index (χ3n) is 4.56. The van der Waals surface area contributed by atoms with Crippen molar-refractivity contribution in [1.82, 2.24) is 0 Å². The van der Waals surface area contributed by atoms with Crippen LogP contribution in [0.2, 0.25) is 0 Å². The van der Waals surface area contributed by atoms with Gasteiger partial charge in [0.1, 0.15) is 11.5 Å². The van der Waals surface area contributed by atoms with Gasteiger partial charge in [-0.25, -0.2) is 0 Å². The van der Waals surface area contributed by atoms with Crippen LogP contribution < -0.4 is 4.74 Å². The summed E-state index contributed by atoms with van der Waals surface area (Å²) in [7, 11) is 0. The molecule has 19 heavy (non-hydrogen) atoms. The van der Waals surface area contributed by atoms with E-state index in [1.54, 1.807) is 0 Å². The van der Waals surface area contributed by atoms with Gasteiger partial charge < -0.3 is 4.74 Å². The lowest BCUT2D eigenvalue weighted by atomic mass is 9.79. The number of carbonyl (C=O) groups excluding carboxylic acids is 1. The van der Waals surface area contributed by atoms with Crippen molar-refractivity contribution in [3.63, 3.8) is 0 Å². The predicted molar refractivity (Wildman–Crippen MR) is 75.5 cm³/mol. The van der Waals surface area contributed by atoms with Crippen molar-refractivity contribution < 1.29 is 9.53 Å². The first-order valence-electron chi connectivity index (χ1n) is 7.49. The van der Waals surface area contributed by atoms with Crippen LogP contribution in [-0.2, 0) is 17.6 Å². The highest BCUT2D eigenvalue weighted by molar-refractivity contribution is 5.81. The van der Waals surface area contributed by atoms with Crippen molar-refractivity contribution in [2.45, 2.75) is 45.4 Å². The smallest absolute Gasteiger partial charge is 0.136 e. The maximum absolute atomic E-state index is 11.9. The molecule has 2 unspecified atom stereocenters. The number of ether oxygens (including phenoxy) is 1. The Kier molecular flexibility index (Phi) is 3.58. The van der Waals surface area contributed by atoms with Crippen LogP contribution in [0.3, 0.4) is 0 Å². The van der Waals surface area contributed by atoms with E-state index in [1.807, 2.05) is 0 Å². The van der Waals surface area contributed by atoms with Crippen LogP contribution in [0.1, 0.15) is 43.7 Å². The molecule has 1 aliphatic heterocycles. The maximum Gasteiger partial charge on any atom is 0.136 e. The summed E-state index contributed by atoms with van der Waals surface area (Å²) in [4.78, 5) is 11.9. The van der Waals surface area contributed by atoms with E-state index in [1.165, 1.54) is 11.1 Å². The van der Waals surface area contributed by atoms with E-state index in [-0.39, 0.29) is 0 Å². The van der Waals surface area contributed by atoms with Crippen LogP contribution in [-0.4, -0.2) is 12.4 Å². The van der Waals surface area contributed by atoms with Gasteiger partial charge in [0.25, 0.3) is 0 Å². The largest absolute Gasteiger partial charge is 0.493 e. The zero-order valence-electron chi connectivity index (χ0n) is 11.7. The zero-order valence-corrected chi connectivity index (χ0v) is 11.7. The van der Waals surface area contributed by atoms with E-state index in [4.69, 9.17) is 4.74 Å². The van der Waals surface area contributed by atoms with Gasteiger partial charge in [-0.1, -0.05) is 19.1 Å². The van der Waals surface area contributed by atoms with Crippen molar-refractivity contribution in [2.75, 3.05) is 6.61 Å². The normalized spacial score (nSPS) is 26.1. The van der Waals surface area contributed by atoms with E-state index in [0.29, 0.717) is 11.7 Å². The molecule has 1 saturated carbocycles. The van der Waals surface area contributed by atoms with E-state index in [0.717, 1.165) is 56.8 Å². The Morgan fingerprint density at radius 1 is 1.32 bits per heavy atom. The van der Waals surface area contributed by atoms with Gasteiger partial charge in [0.2, 0.25) is 0 Å². The van der Waals surface area contributed by atoms with Crippen LogP contribution in [0.25, 0.3) is 0 Å². The molecule has 0 amide bonds. The van der Waals surface area contributed by atoms with Gasteiger partial charge in [0.15, 0.2) is 0 Å². The summed E-state index contributed by atoms with van der Waals surface area (Å²) in [6.45, 7) is 3.09. The zero-order chi connectivity index (χ0) is 13.2. The number of rotatable bonds is 3. The molecule has 1 aliphatic carbocycles. The first kappa shape index (κ1) is 12.7. The van der Waals surface area contributed by atoms with Gasteiger partial charge in [-0.3, -0.25) is 4.79 Å². The number of fused-ring (bicyclic) bond motifs is 1. The Morgan fingerprint density at radius 2 is 2.21 bits per heavy atom. The molecule has 0 N–H and O–H groups in total. The monoisotopic (exact) mass is 258 g/mol. The average Bonchev–Trinajstić information content (AvgIpc) is 2.87. The van der Waals surface area contributed by atoms with E-state index < -0.39 is 0 Å². The van der Waals surface area contributed by atoms with E-state index in [2.05, 4.69) is 25.1 Å². The topological polar surface area (TPSA) is 26.3 Å². The van der Waals surface area contributed by atoms with Crippen LogP contribution in [0.4, 0.5) is 0 Å². The van der Waals surface area contributed by atoms with Gasteiger partial charge in [-0.05, 0) is 48.8 Å². The summed E-state index contributed by atoms with van der Waals surface area (Å²) in [5, 5.41) is 0. The summed E-state index contributed by atoms with van der Waals surface area (Å²) >= 11 is 0. The molecule has 1 fully saturated rings. The Labute approximate surface area is 115 Å². The fraction of sp³-hybridized carbons (Fsp3) is 0.588. The van der Waals surface area contributed by atoms with Crippen molar-refractivity contribution in [1.29, 1.82) is 0 Å². The molecule has 0 aromatic heterocycles. The molecule has 3 rings (SSSR count). The molecule has 102 valence electrons. The fourth-order valence-corrected chi connectivity index (χ4v) is 3.34. The van der Waals surface area contributed by atoms with Crippen LogP contribution in [0.15, 0.2) is 18.2 Å². The second-order valence-electron chi connectivity index (χ2n) is 6.12. The third-order valence-corrected chi connectivity index (χ3v) is 4.56. The second kappa shape index (κ2) is 5.36. The lowest BCUT2D eigenvalue weighted by molar-refractivity contribution is -0.125. The maximum atomic E-state index is 11.9. The van der Waals surface area contributed by atoms with E-state index >= 15 is 0 Å². The second-order valence-corrected chi connectivity index (χ2v) is 6.12. The van der Waals surface area contributed by atoms with Gasteiger partial charge in [-0.15, -0.1) is 0 Å². The van der Waals surface area contributed by atoms with Crippen molar-refractivity contribution in [3.8, 4) is 5.75 Å². The SMILES string of the molecule is CC1CCC(=O)C(CCc2ccc3c(c2)CCO3)C1. The molecule has 0 radical (unpaired) electrons. The number of hydrogen-bond donors (Lipinski definition) is 0. The van der Waals surface area contributed by atoms with Gasteiger partial charge in [0.05, 0.1) is 6.61 Å². The molecule has 1 aromatic carbocycles. The van der Waals surface area contributed by atoms with Crippen LogP contribution in [0, 0.1) is 11.8 Å². The molecule has 2 heteroatoms. The quantitative estimate of drug-likeness (QED) is 0.828. The first-order valence-corrected chi connectivity index (χ1v) is 7.49. The molecule has 2 aliphatic rings. The van der Waals surface area contributed by atoms with Crippen LogP contribution in [0.5, 0.6) is 5.75 Å². The Bertz CT molecular complexity index is 478. The lowest BCUT2D eigenvalue weighted by Crippen LogP contribution is -2.24.